The van der Waals surface area contributed by atoms with Crippen LogP contribution in [0.15, 0.2) is 28.6 Å². The summed E-state index contributed by atoms with van der Waals surface area (Å²) in [5, 5.41) is 3.72. The van der Waals surface area contributed by atoms with E-state index in [9.17, 15) is 9.59 Å². The van der Waals surface area contributed by atoms with Crippen LogP contribution in [0, 0.1) is 0 Å². The molecule has 3 heterocycles. The highest BCUT2D eigenvalue weighted by molar-refractivity contribution is 7.14. The number of halogens is 1. The lowest BCUT2D eigenvalue weighted by Gasteiger charge is -2.27. The number of aromatic amines is 1. The standard InChI is InChI=1S/C17H19ClN4O3S/c1-17(2,3)25-21(10-23)5-6-22-13(15-11(18)4-7-26-15)8-12-14(22)16(24)20-9-19-12/h4,7-10H,5-6H2,1-3H3,(H,19,20,24). The molecule has 3 aromatic rings. The van der Waals surface area contributed by atoms with Crippen molar-refractivity contribution in [2.45, 2.75) is 32.9 Å². The first-order valence-corrected chi connectivity index (χ1v) is 9.27. The van der Waals surface area contributed by atoms with Gasteiger partial charge in [0.25, 0.3) is 5.56 Å². The van der Waals surface area contributed by atoms with Crippen LogP contribution in [0.5, 0.6) is 0 Å². The summed E-state index contributed by atoms with van der Waals surface area (Å²) < 4.78 is 1.82. The highest BCUT2D eigenvalue weighted by Gasteiger charge is 2.20. The fourth-order valence-corrected chi connectivity index (χ4v) is 3.85. The number of amides is 1. The van der Waals surface area contributed by atoms with Gasteiger partial charge >= 0.3 is 0 Å². The molecule has 1 N–H and O–H groups in total. The van der Waals surface area contributed by atoms with Gasteiger partial charge < -0.3 is 9.55 Å². The number of carbonyl (C=O) groups excluding carboxylic acids is 1. The van der Waals surface area contributed by atoms with Gasteiger partial charge in [-0.05, 0) is 38.3 Å². The van der Waals surface area contributed by atoms with Crippen molar-refractivity contribution < 1.29 is 9.63 Å². The Morgan fingerprint density at radius 3 is 2.85 bits per heavy atom. The largest absolute Gasteiger partial charge is 0.332 e. The van der Waals surface area contributed by atoms with Gasteiger partial charge in [0, 0.05) is 6.54 Å². The molecule has 0 aromatic carbocycles. The molecule has 0 fully saturated rings. The van der Waals surface area contributed by atoms with Gasteiger partial charge in [0.1, 0.15) is 5.52 Å². The van der Waals surface area contributed by atoms with E-state index in [2.05, 4.69) is 9.97 Å². The summed E-state index contributed by atoms with van der Waals surface area (Å²) >= 11 is 7.77. The molecule has 0 aliphatic heterocycles. The molecule has 0 aliphatic rings. The number of nitrogens with zero attached hydrogens (tertiary/aromatic N) is 3. The van der Waals surface area contributed by atoms with E-state index in [1.54, 1.807) is 0 Å². The van der Waals surface area contributed by atoms with Crippen molar-refractivity contribution in [3.05, 3.63) is 39.2 Å². The molecule has 3 rings (SSSR count). The molecule has 138 valence electrons. The Hall–Kier alpha value is -2.16. The highest BCUT2D eigenvalue weighted by Crippen LogP contribution is 2.35. The van der Waals surface area contributed by atoms with Crippen molar-refractivity contribution in [3.63, 3.8) is 0 Å². The molecular weight excluding hydrogens is 376 g/mol. The van der Waals surface area contributed by atoms with Crippen LogP contribution in [0.2, 0.25) is 5.02 Å². The SMILES string of the molecule is CC(C)(C)ON(C=O)CCn1c(-c2sccc2Cl)cc2nc[nH]c(=O)c21. The number of carbonyl (C=O) groups is 1. The number of rotatable bonds is 6. The quantitative estimate of drug-likeness (QED) is 0.514. The van der Waals surface area contributed by atoms with Gasteiger partial charge in [0.05, 0.1) is 39.6 Å². The van der Waals surface area contributed by atoms with E-state index in [0.29, 0.717) is 29.0 Å². The zero-order chi connectivity index (χ0) is 18.9. The maximum absolute atomic E-state index is 12.4. The van der Waals surface area contributed by atoms with Crippen LogP contribution in [0.4, 0.5) is 0 Å². The van der Waals surface area contributed by atoms with E-state index in [1.807, 2.05) is 42.9 Å². The maximum Gasteiger partial charge on any atom is 0.275 e. The van der Waals surface area contributed by atoms with Crippen molar-refractivity contribution in [3.8, 4) is 10.6 Å². The highest BCUT2D eigenvalue weighted by atomic mass is 35.5. The van der Waals surface area contributed by atoms with E-state index in [-0.39, 0.29) is 12.1 Å². The Kier molecular flexibility index (Phi) is 5.17. The first-order chi connectivity index (χ1) is 12.3. The molecule has 0 bridgehead atoms. The molecule has 0 aliphatic carbocycles. The van der Waals surface area contributed by atoms with Crippen LogP contribution in [0.25, 0.3) is 21.6 Å². The molecule has 0 radical (unpaired) electrons. The van der Waals surface area contributed by atoms with Gasteiger partial charge in [-0.3, -0.25) is 14.4 Å². The molecule has 3 aromatic heterocycles. The minimum Gasteiger partial charge on any atom is -0.332 e. The number of thiophene rings is 1. The molecule has 7 nitrogen and oxygen atoms in total. The Morgan fingerprint density at radius 2 is 2.23 bits per heavy atom. The molecule has 1 amide bonds. The van der Waals surface area contributed by atoms with Gasteiger partial charge in [-0.25, -0.2) is 10.0 Å². The number of fused-ring (bicyclic) bond motifs is 1. The number of aromatic nitrogens is 3. The Labute approximate surface area is 159 Å². The first-order valence-electron chi connectivity index (χ1n) is 8.01. The van der Waals surface area contributed by atoms with E-state index in [1.165, 1.54) is 22.7 Å². The van der Waals surface area contributed by atoms with E-state index in [0.717, 1.165) is 10.6 Å². The molecule has 0 saturated carbocycles. The van der Waals surface area contributed by atoms with Crippen molar-refractivity contribution in [2.75, 3.05) is 6.54 Å². The predicted octanol–water partition coefficient (Wildman–Crippen LogP) is 3.30. The smallest absolute Gasteiger partial charge is 0.275 e. The fraction of sp³-hybridized carbons (Fsp3) is 0.353. The van der Waals surface area contributed by atoms with Gasteiger partial charge in [-0.1, -0.05) is 11.6 Å². The lowest BCUT2D eigenvalue weighted by atomic mass is 10.2. The molecule has 0 unspecified atom stereocenters. The maximum atomic E-state index is 12.4. The topological polar surface area (TPSA) is 80.2 Å². The normalized spacial score (nSPS) is 11.8. The van der Waals surface area contributed by atoms with Crippen LogP contribution in [0.1, 0.15) is 20.8 Å². The van der Waals surface area contributed by atoms with Crippen LogP contribution >= 0.6 is 22.9 Å². The minimum atomic E-state index is -0.501. The Bertz CT molecular complexity index is 986. The van der Waals surface area contributed by atoms with Gasteiger partial charge in [-0.15, -0.1) is 11.3 Å². The van der Waals surface area contributed by atoms with Gasteiger partial charge in [0.15, 0.2) is 0 Å². The monoisotopic (exact) mass is 394 g/mol. The number of H-pyrrole nitrogens is 1. The van der Waals surface area contributed by atoms with Crippen molar-refractivity contribution in [1.29, 1.82) is 0 Å². The summed E-state index contributed by atoms with van der Waals surface area (Å²) in [6, 6.07) is 3.64. The van der Waals surface area contributed by atoms with Crippen LogP contribution in [0.3, 0.4) is 0 Å². The first kappa shape index (κ1) is 18.6. The second-order valence-corrected chi connectivity index (χ2v) is 8.02. The van der Waals surface area contributed by atoms with Crippen molar-refractivity contribution in [2.24, 2.45) is 0 Å². The zero-order valence-electron chi connectivity index (χ0n) is 14.7. The van der Waals surface area contributed by atoms with Crippen molar-refractivity contribution in [1.82, 2.24) is 19.6 Å². The van der Waals surface area contributed by atoms with E-state index < -0.39 is 5.60 Å². The molecule has 0 atom stereocenters. The summed E-state index contributed by atoms with van der Waals surface area (Å²) in [6.07, 6.45) is 2.01. The zero-order valence-corrected chi connectivity index (χ0v) is 16.2. The third kappa shape index (κ3) is 3.82. The van der Waals surface area contributed by atoms with Gasteiger partial charge in [-0.2, -0.15) is 0 Å². The second kappa shape index (κ2) is 7.22. The number of hydroxylamine groups is 2. The third-order valence-corrected chi connectivity index (χ3v) is 4.96. The van der Waals surface area contributed by atoms with Crippen molar-refractivity contribution >= 4 is 40.4 Å². The summed E-state index contributed by atoms with van der Waals surface area (Å²) in [7, 11) is 0. The van der Waals surface area contributed by atoms with Crippen LogP contribution in [-0.4, -0.2) is 38.2 Å². The minimum absolute atomic E-state index is 0.247. The number of hydrogen-bond donors (Lipinski definition) is 1. The average molecular weight is 395 g/mol. The summed E-state index contributed by atoms with van der Waals surface area (Å²) in [6.45, 7) is 6.21. The molecule has 0 saturated heterocycles. The predicted molar refractivity (Wildman–Crippen MR) is 102 cm³/mol. The molecule has 0 spiro atoms. The third-order valence-electron chi connectivity index (χ3n) is 3.59. The summed E-state index contributed by atoms with van der Waals surface area (Å²) in [4.78, 5) is 37.0. The number of hydrogen-bond acceptors (Lipinski definition) is 5. The Balaban J connectivity index is 2.02. The van der Waals surface area contributed by atoms with E-state index in [4.69, 9.17) is 16.4 Å². The summed E-state index contributed by atoms with van der Waals surface area (Å²) in [5.74, 6) is 0. The van der Waals surface area contributed by atoms with Crippen LogP contribution < -0.4 is 5.56 Å². The summed E-state index contributed by atoms with van der Waals surface area (Å²) in [5.41, 5.74) is 1.05. The van der Waals surface area contributed by atoms with Gasteiger partial charge in [0.2, 0.25) is 6.41 Å². The molecule has 26 heavy (non-hydrogen) atoms. The fourth-order valence-electron chi connectivity index (χ4n) is 2.67. The van der Waals surface area contributed by atoms with Crippen LogP contribution in [-0.2, 0) is 16.2 Å². The Morgan fingerprint density at radius 1 is 1.46 bits per heavy atom. The number of nitrogens with one attached hydrogen (secondary N) is 1. The van der Waals surface area contributed by atoms with E-state index >= 15 is 0 Å². The lowest BCUT2D eigenvalue weighted by Crippen LogP contribution is -2.35. The lowest BCUT2D eigenvalue weighted by molar-refractivity contribution is -0.216. The second-order valence-electron chi connectivity index (χ2n) is 6.69. The average Bonchev–Trinajstić information content (AvgIpc) is 3.14. The molecule has 9 heteroatoms. The molecular formula is C17H19ClN4O3S.